The highest BCUT2D eigenvalue weighted by atomic mass is 16.4. The van der Waals surface area contributed by atoms with Crippen LogP contribution in [0.4, 0.5) is 4.79 Å². The summed E-state index contributed by atoms with van der Waals surface area (Å²) in [6.07, 6.45) is -0.889. The zero-order valence-electron chi connectivity index (χ0n) is 5.50. The van der Waals surface area contributed by atoms with Gasteiger partial charge in [-0.2, -0.15) is 0 Å². The number of nitrogens with one attached hydrogen (secondary N) is 2. The summed E-state index contributed by atoms with van der Waals surface area (Å²) in [5, 5.41) is 14.0. The van der Waals surface area contributed by atoms with Crippen LogP contribution in [0, 0.1) is 11.8 Å². The second-order valence-electron chi connectivity index (χ2n) is 2.96. The molecule has 0 spiro atoms. The molecule has 1 heterocycles. The van der Waals surface area contributed by atoms with Crippen molar-refractivity contribution in [1.29, 1.82) is 0 Å². The van der Waals surface area contributed by atoms with Crippen LogP contribution in [0.1, 0.15) is 0 Å². The first-order valence-corrected chi connectivity index (χ1v) is 3.49. The van der Waals surface area contributed by atoms with Crippen molar-refractivity contribution in [2.45, 2.75) is 6.04 Å². The summed E-state index contributed by atoms with van der Waals surface area (Å²) < 4.78 is 0. The maximum Gasteiger partial charge on any atom is 0.404 e. The molecule has 0 radical (unpaired) electrons. The molecule has 0 aromatic carbocycles. The van der Waals surface area contributed by atoms with E-state index in [4.69, 9.17) is 5.11 Å². The van der Waals surface area contributed by atoms with E-state index in [1.807, 2.05) is 0 Å². The Balaban J connectivity index is 1.84. The second-order valence-corrected chi connectivity index (χ2v) is 2.96. The van der Waals surface area contributed by atoms with Crippen LogP contribution in [0.15, 0.2) is 0 Å². The summed E-state index contributed by atoms with van der Waals surface area (Å²) in [6, 6.07) is 0.249. The van der Waals surface area contributed by atoms with Gasteiger partial charge in [0.2, 0.25) is 0 Å². The summed E-state index contributed by atoms with van der Waals surface area (Å²) in [4.78, 5) is 10.1. The van der Waals surface area contributed by atoms with Gasteiger partial charge in [-0.25, -0.2) is 4.79 Å². The molecular weight excluding hydrogens is 132 g/mol. The van der Waals surface area contributed by atoms with Gasteiger partial charge in [-0.1, -0.05) is 0 Å². The molecule has 4 heteroatoms. The molecule has 3 atom stereocenters. The maximum atomic E-state index is 10.1. The van der Waals surface area contributed by atoms with Gasteiger partial charge in [0, 0.05) is 19.1 Å². The van der Waals surface area contributed by atoms with Crippen LogP contribution < -0.4 is 10.6 Å². The van der Waals surface area contributed by atoms with Crippen LogP contribution >= 0.6 is 0 Å². The second kappa shape index (κ2) is 1.85. The lowest BCUT2D eigenvalue weighted by atomic mass is 10.4. The topological polar surface area (TPSA) is 61.4 Å². The molecule has 1 saturated heterocycles. The van der Waals surface area contributed by atoms with Gasteiger partial charge in [-0.15, -0.1) is 0 Å². The third kappa shape index (κ3) is 0.759. The summed E-state index contributed by atoms with van der Waals surface area (Å²) >= 11 is 0. The highest BCUT2D eigenvalue weighted by molar-refractivity contribution is 5.65. The first-order chi connectivity index (χ1) is 4.79. The minimum atomic E-state index is -0.889. The quantitative estimate of drug-likeness (QED) is 0.461. The van der Waals surface area contributed by atoms with Crippen LogP contribution in [0.3, 0.4) is 0 Å². The average molecular weight is 142 g/mol. The summed E-state index contributed by atoms with van der Waals surface area (Å²) in [5.74, 6) is 1.16. The van der Waals surface area contributed by atoms with Crippen LogP contribution in [0.5, 0.6) is 0 Å². The first kappa shape index (κ1) is 5.97. The van der Waals surface area contributed by atoms with Crippen molar-refractivity contribution in [1.82, 2.24) is 10.6 Å². The normalized spacial score (nSPS) is 42.6. The molecule has 4 nitrogen and oxygen atoms in total. The Morgan fingerprint density at radius 1 is 1.50 bits per heavy atom. The molecule has 10 heavy (non-hydrogen) atoms. The van der Waals surface area contributed by atoms with E-state index >= 15 is 0 Å². The molecule has 0 unspecified atom stereocenters. The zero-order valence-corrected chi connectivity index (χ0v) is 5.50. The van der Waals surface area contributed by atoms with Gasteiger partial charge >= 0.3 is 6.09 Å². The molecule has 1 amide bonds. The number of piperidine rings is 1. The predicted molar refractivity (Wildman–Crippen MR) is 34.8 cm³/mol. The molecule has 2 fully saturated rings. The highest BCUT2D eigenvalue weighted by Gasteiger charge is 2.53. The maximum absolute atomic E-state index is 10.1. The number of carboxylic acid groups (broad SMARTS) is 1. The molecule has 3 N–H and O–H groups in total. The number of fused-ring (bicyclic) bond motifs is 1. The van der Waals surface area contributed by atoms with Crippen LogP contribution in [-0.2, 0) is 0 Å². The number of carbonyl (C=O) groups is 1. The molecule has 0 bridgehead atoms. The van der Waals surface area contributed by atoms with Crippen LogP contribution in [0.2, 0.25) is 0 Å². The lowest BCUT2D eigenvalue weighted by Crippen LogP contribution is -2.31. The van der Waals surface area contributed by atoms with Crippen molar-refractivity contribution in [3.8, 4) is 0 Å². The van der Waals surface area contributed by atoms with Crippen LogP contribution in [-0.4, -0.2) is 30.3 Å². The first-order valence-electron chi connectivity index (χ1n) is 3.49. The Morgan fingerprint density at radius 3 is 2.60 bits per heavy atom. The van der Waals surface area contributed by atoms with E-state index in [0.717, 1.165) is 13.1 Å². The Bertz CT molecular complexity index is 161. The number of amides is 1. The lowest BCUT2D eigenvalue weighted by Gasteiger charge is -2.02. The van der Waals surface area contributed by atoms with E-state index < -0.39 is 6.09 Å². The standard InChI is InChI=1S/C6H10N2O2/c9-6(10)8-5-3-1-7-2-4(3)5/h3-5,7-8H,1-2H2,(H,9,10)/t3-,4+,5-. The zero-order chi connectivity index (χ0) is 7.14. The number of rotatable bonds is 1. The molecule has 0 aromatic heterocycles. The third-order valence-electron chi connectivity index (χ3n) is 2.38. The molecule has 1 saturated carbocycles. The van der Waals surface area contributed by atoms with E-state index in [0.29, 0.717) is 11.8 Å². The fourth-order valence-electron chi connectivity index (χ4n) is 1.78. The van der Waals surface area contributed by atoms with Crippen molar-refractivity contribution >= 4 is 6.09 Å². The van der Waals surface area contributed by atoms with Crippen molar-refractivity contribution in [3.63, 3.8) is 0 Å². The Hall–Kier alpha value is -0.770. The van der Waals surface area contributed by atoms with Gasteiger partial charge in [0.1, 0.15) is 0 Å². The van der Waals surface area contributed by atoms with Crippen molar-refractivity contribution in [2.75, 3.05) is 13.1 Å². The number of hydrogen-bond acceptors (Lipinski definition) is 2. The summed E-state index contributed by atoms with van der Waals surface area (Å²) in [5.41, 5.74) is 0. The number of hydrogen-bond donors (Lipinski definition) is 3. The molecule has 1 aliphatic heterocycles. The van der Waals surface area contributed by atoms with Crippen LogP contribution in [0.25, 0.3) is 0 Å². The average Bonchev–Trinajstić information content (AvgIpc) is 2.40. The smallest absolute Gasteiger partial charge is 0.404 e. The molecule has 56 valence electrons. The third-order valence-corrected chi connectivity index (χ3v) is 2.38. The van der Waals surface area contributed by atoms with Crippen molar-refractivity contribution in [3.05, 3.63) is 0 Å². The summed E-state index contributed by atoms with van der Waals surface area (Å²) in [6.45, 7) is 1.96. The van der Waals surface area contributed by atoms with Gasteiger partial charge in [-0.05, 0) is 11.8 Å². The van der Waals surface area contributed by atoms with E-state index in [-0.39, 0.29) is 6.04 Å². The Morgan fingerprint density at radius 2 is 2.10 bits per heavy atom. The van der Waals surface area contributed by atoms with E-state index in [9.17, 15) is 4.79 Å². The monoisotopic (exact) mass is 142 g/mol. The largest absolute Gasteiger partial charge is 0.465 e. The SMILES string of the molecule is O=C(O)N[C@@H]1[C@@H]2CNC[C@@H]21. The van der Waals surface area contributed by atoms with Gasteiger partial charge in [0.05, 0.1) is 0 Å². The molecule has 2 aliphatic rings. The molecule has 1 aliphatic carbocycles. The highest BCUT2D eigenvalue weighted by Crippen LogP contribution is 2.41. The van der Waals surface area contributed by atoms with Crippen molar-refractivity contribution < 1.29 is 9.90 Å². The van der Waals surface area contributed by atoms with E-state index in [2.05, 4.69) is 10.6 Å². The minimum absolute atomic E-state index is 0.249. The predicted octanol–water partition coefficient (Wildman–Crippen LogP) is -0.528. The van der Waals surface area contributed by atoms with E-state index in [1.54, 1.807) is 0 Å². The fraction of sp³-hybridized carbons (Fsp3) is 0.833. The van der Waals surface area contributed by atoms with Gasteiger partial charge in [0.15, 0.2) is 0 Å². The molecule has 0 aromatic rings. The van der Waals surface area contributed by atoms with E-state index in [1.165, 1.54) is 0 Å². The lowest BCUT2D eigenvalue weighted by molar-refractivity contribution is 0.192. The molecule has 2 rings (SSSR count). The summed E-state index contributed by atoms with van der Waals surface area (Å²) in [7, 11) is 0. The minimum Gasteiger partial charge on any atom is -0.465 e. The fourth-order valence-corrected chi connectivity index (χ4v) is 1.78. The Kier molecular flexibility index (Phi) is 1.11. The molecular formula is C6H10N2O2. The van der Waals surface area contributed by atoms with Gasteiger partial charge < -0.3 is 15.7 Å². The van der Waals surface area contributed by atoms with Gasteiger partial charge in [0.25, 0.3) is 0 Å². The Labute approximate surface area is 58.6 Å². The van der Waals surface area contributed by atoms with Gasteiger partial charge in [-0.3, -0.25) is 0 Å². The van der Waals surface area contributed by atoms with Crippen molar-refractivity contribution in [2.24, 2.45) is 11.8 Å².